The Hall–Kier alpha value is -0.910. The van der Waals surface area contributed by atoms with Crippen molar-refractivity contribution in [2.75, 3.05) is 0 Å². The van der Waals surface area contributed by atoms with Gasteiger partial charge in [-0.15, -0.1) is 0 Å². The van der Waals surface area contributed by atoms with Crippen LogP contribution in [0.2, 0.25) is 0 Å². The van der Waals surface area contributed by atoms with Crippen LogP contribution < -0.4 is 5.43 Å². The van der Waals surface area contributed by atoms with Gasteiger partial charge in [0.2, 0.25) is 0 Å². The second-order valence-electron chi connectivity index (χ2n) is 4.94. The van der Waals surface area contributed by atoms with Gasteiger partial charge in [-0.2, -0.15) is 5.10 Å². The minimum atomic E-state index is -0.486. The number of phenols is 1. The Bertz CT molecular complexity index is 1020. The highest BCUT2D eigenvalue weighted by Gasteiger charge is 2.14. The van der Waals surface area contributed by atoms with E-state index in [2.05, 4.69) is 58.3 Å². The summed E-state index contributed by atoms with van der Waals surface area (Å²) in [5.74, 6) is -0.252. The number of benzene rings is 2. The van der Waals surface area contributed by atoms with E-state index in [1.165, 1.54) is 6.21 Å². The maximum Gasteiger partial charge on any atom is 0.307 e. The molecule has 128 valence electrons. The van der Waals surface area contributed by atoms with E-state index in [9.17, 15) is 9.90 Å². The van der Waals surface area contributed by atoms with Crippen LogP contribution in [0.3, 0.4) is 0 Å². The zero-order chi connectivity index (χ0) is 18.1. The van der Waals surface area contributed by atoms with E-state index in [0.717, 1.165) is 18.8 Å². The Morgan fingerprint density at radius 2 is 1.88 bits per heavy atom. The lowest BCUT2D eigenvalue weighted by atomic mass is 10.2. The summed E-state index contributed by atoms with van der Waals surface area (Å²) < 4.78 is 8.66. The first-order chi connectivity index (χ1) is 11.8. The van der Waals surface area contributed by atoms with Crippen LogP contribution in [0.4, 0.5) is 0 Å². The number of amides is 1. The summed E-state index contributed by atoms with van der Waals surface area (Å²) in [6.45, 7) is 0. The number of rotatable bonds is 3. The molecule has 0 bridgehead atoms. The van der Waals surface area contributed by atoms with Crippen molar-refractivity contribution in [2.24, 2.45) is 5.10 Å². The lowest BCUT2D eigenvalue weighted by Crippen LogP contribution is -2.16. The molecule has 0 aliphatic rings. The van der Waals surface area contributed by atoms with Crippen LogP contribution in [0, 0.1) is 3.57 Å². The first-order valence-electron chi connectivity index (χ1n) is 6.75. The van der Waals surface area contributed by atoms with Gasteiger partial charge < -0.3 is 9.52 Å². The summed E-state index contributed by atoms with van der Waals surface area (Å²) in [7, 11) is 0. The molecule has 5 nitrogen and oxygen atoms in total. The number of halogens is 4. The van der Waals surface area contributed by atoms with Crippen LogP contribution in [0.1, 0.15) is 16.1 Å². The Morgan fingerprint density at radius 3 is 2.64 bits per heavy atom. The number of carbonyl (C=O) groups excluding carboxylic acids is 1. The van der Waals surface area contributed by atoms with Gasteiger partial charge in [-0.3, -0.25) is 4.79 Å². The normalized spacial score (nSPS) is 11.4. The first-order valence-corrected chi connectivity index (χ1v) is 10.2. The fourth-order valence-corrected chi connectivity index (χ4v) is 4.98. The molecule has 0 saturated heterocycles. The fraction of sp³-hybridized carbons (Fsp3) is 0. The first kappa shape index (κ1) is 18.9. The SMILES string of the molecule is O=C(N/N=C/c1cc(Br)cc(I)c1O)c1cc2cc(Br)cc(Br)c2o1. The van der Waals surface area contributed by atoms with Gasteiger partial charge in [-0.05, 0) is 68.9 Å². The Balaban J connectivity index is 1.80. The summed E-state index contributed by atoms with van der Waals surface area (Å²) in [6, 6.07) is 8.79. The number of hydrogen-bond acceptors (Lipinski definition) is 4. The van der Waals surface area contributed by atoms with E-state index in [1.54, 1.807) is 18.2 Å². The van der Waals surface area contributed by atoms with Crippen LogP contribution in [0.15, 0.2) is 53.3 Å². The molecule has 3 rings (SSSR count). The van der Waals surface area contributed by atoms with Gasteiger partial charge in [-0.1, -0.05) is 31.9 Å². The van der Waals surface area contributed by atoms with Crippen LogP contribution in [-0.2, 0) is 0 Å². The molecule has 25 heavy (non-hydrogen) atoms. The van der Waals surface area contributed by atoms with Crippen LogP contribution in [-0.4, -0.2) is 17.2 Å². The molecule has 2 aromatic carbocycles. The third-order valence-electron chi connectivity index (χ3n) is 3.19. The molecule has 0 saturated carbocycles. The van der Waals surface area contributed by atoms with Crippen molar-refractivity contribution >= 4 is 93.5 Å². The van der Waals surface area contributed by atoms with Crippen molar-refractivity contribution in [3.05, 3.63) is 58.6 Å². The molecule has 3 aromatic rings. The predicted molar refractivity (Wildman–Crippen MR) is 115 cm³/mol. The van der Waals surface area contributed by atoms with Crippen molar-refractivity contribution in [1.29, 1.82) is 0 Å². The lowest BCUT2D eigenvalue weighted by Gasteiger charge is -2.02. The number of furan rings is 1. The number of nitrogens with one attached hydrogen (secondary N) is 1. The van der Waals surface area contributed by atoms with E-state index in [0.29, 0.717) is 14.7 Å². The number of hydrogen-bond donors (Lipinski definition) is 2. The van der Waals surface area contributed by atoms with Crippen molar-refractivity contribution in [3.8, 4) is 5.75 Å². The van der Waals surface area contributed by atoms with Crippen molar-refractivity contribution in [3.63, 3.8) is 0 Å². The molecular weight excluding hydrogens is 635 g/mol. The highest BCUT2D eigenvalue weighted by Crippen LogP contribution is 2.31. The minimum absolute atomic E-state index is 0.0966. The average Bonchev–Trinajstić information content (AvgIpc) is 2.96. The standard InChI is InChI=1S/C16H8Br3IN2O3/c17-9-1-7-3-13(25-15(7)11(19)4-9)16(24)22-21-6-8-2-10(18)5-12(20)14(8)23/h1-6,23H,(H,22,24)/b21-6+. The maximum absolute atomic E-state index is 12.2. The summed E-state index contributed by atoms with van der Waals surface area (Å²) in [5, 5.41) is 14.7. The van der Waals surface area contributed by atoms with Crippen LogP contribution in [0.5, 0.6) is 5.75 Å². The summed E-state index contributed by atoms with van der Waals surface area (Å²) in [4.78, 5) is 12.2. The fourth-order valence-electron chi connectivity index (χ4n) is 2.09. The largest absolute Gasteiger partial charge is 0.506 e. The molecular formula is C16H8Br3IN2O3. The Labute approximate surface area is 181 Å². The van der Waals surface area contributed by atoms with Crippen molar-refractivity contribution in [1.82, 2.24) is 5.43 Å². The van der Waals surface area contributed by atoms with Gasteiger partial charge in [0.1, 0.15) is 11.3 Å². The topological polar surface area (TPSA) is 74.8 Å². The van der Waals surface area contributed by atoms with E-state index in [-0.39, 0.29) is 11.5 Å². The van der Waals surface area contributed by atoms with Gasteiger partial charge in [0.05, 0.1) is 14.3 Å². The number of fused-ring (bicyclic) bond motifs is 1. The number of carbonyl (C=O) groups is 1. The molecule has 0 aliphatic carbocycles. The van der Waals surface area contributed by atoms with Gasteiger partial charge in [0.15, 0.2) is 5.76 Å². The molecule has 0 spiro atoms. The second kappa shape index (κ2) is 7.77. The average molecular weight is 643 g/mol. The quantitative estimate of drug-likeness (QED) is 0.216. The summed E-state index contributed by atoms with van der Waals surface area (Å²) >= 11 is 12.1. The number of phenolic OH excluding ortho intramolecular Hbond substituents is 1. The number of hydrazone groups is 1. The second-order valence-corrected chi connectivity index (χ2v) is 8.79. The van der Waals surface area contributed by atoms with E-state index < -0.39 is 5.91 Å². The van der Waals surface area contributed by atoms with Gasteiger partial charge in [-0.25, -0.2) is 5.43 Å². The Morgan fingerprint density at radius 1 is 1.16 bits per heavy atom. The molecule has 0 unspecified atom stereocenters. The van der Waals surface area contributed by atoms with E-state index >= 15 is 0 Å². The lowest BCUT2D eigenvalue weighted by molar-refractivity contribution is 0.0929. The summed E-state index contributed by atoms with van der Waals surface area (Å²) in [5.41, 5.74) is 3.45. The molecule has 0 radical (unpaired) electrons. The van der Waals surface area contributed by atoms with Crippen molar-refractivity contribution < 1.29 is 14.3 Å². The number of nitrogens with zero attached hydrogens (tertiary/aromatic N) is 1. The van der Waals surface area contributed by atoms with Crippen LogP contribution >= 0.6 is 70.4 Å². The minimum Gasteiger partial charge on any atom is -0.506 e. The van der Waals surface area contributed by atoms with Gasteiger partial charge >= 0.3 is 5.91 Å². The van der Waals surface area contributed by atoms with E-state index in [1.807, 2.05) is 34.7 Å². The molecule has 9 heteroatoms. The molecule has 0 aliphatic heterocycles. The maximum atomic E-state index is 12.2. The summed E-state index contributed by atoms with van der Waals surface area (Å²) in [6.07, 6.45) is 1.37. The third kappa shape index (κ3) is 4.26. The molecule has 0 fully saturated rings. The van der Waals surface area contributed by atoms with Gasteiger partial charge in [0.25, 0.3) is 0 Å². The molecule has 0 atom stereocenters. The van der Waals surface area contributed by atoms with Gasteiger partial charge in [0, 0.05) is 19.9 Å². The highest BCUT2D eigenvalue weighted by atomic mass is 127. The zero-order valence-electron chi connectivity index (χ0n) is 12.2. The third-order valence-corrected chi connectivity index (χ3v) is 5.51. The highest BCUT2D eigenvalue weighted by molar-refractivity contribution is 14.1. The zero-order valence-corrected chi connectivity index (χ0v) is 19.1. The van der Waals surface area contributed by atoms with Crippen LogP contribution in [0.25, 0.3) is 11.0 Å². The number of aromatic hydroxyl groups is 1. The molecule has 2 N–H and O–H groups in total. The predicted octanol–water partition coefficient (Wildman–Crippen LogP) is 5.79. The molecule has 1 heterocycles. The monoisotopic (exact) mass is 640 g/mol. The Kier molecular flexibility index (Phi) is 5.86. The molecule has 1 amide bonds. The van der Waals surface area contributed by atoms with Crippen molar-refractivity contribution in [2.45, 2.75) is 0 Å². The smallest absolute Gasteiger partial charge is 0.307 e. The van der Waals surface area contributed by atoms with E-state index in [4.69, 9.17) is 4.42 Å². The molecule has 1 aromatic heterocycles.